The van der Waals surface area contributed by atoms with Crippen molar-refractivity contribution in [2.45, 2.75) is 11.8 Å². The van der Waals surface area contributed by atoms with E-state index in [-0.39, 0.29) is 11.2 Å². The Labute approximate surface area is 97.3 Å². The molecule has 0 nitrogen and oxygen atoms in total. The Kier molecular flexibility index (Phi) is 3.39. The van der Waals surface area contributed by atoms with Gasteiger partial charge in [0.2, 0.25) is 0 Å². The van der Waals surface area contributed by atoms with Gasteiger partial charge in [-0.25, -0.2) is 4.39 Å². The Hall–Kier alpha value is -0.860. The fourth-order valence-electron chi connectivity index (χ4n) is 1.40. The highest BCUT2D eigenvalue weighted by Crippen LogP contribution is 2.26. The summed E-state index contributed by atoms with van der Waals surface area (Å²) in [6, 6.07) is 8.50. The third kappa shape index (κ3) is 2.80. The molecule has 0 aliphatic heterocycles. The van der Waals surface area contributed by atoms with Gasteiger partial charge in [0, 0.05) is 0 Å². The smallest absolute Gasteiger partial charge is 0.123 e. The molecule has 1 aromatic carbocycles. The van der Waals surface area contributed by atoms with Gasteiger partial charge in [-0.3, -0.25) is 0 Å². The van der Waals surface area contributed by atoms with Crippen molar-refractivity contribution in [1.82, 2.24) is 0 Å². The van der Waals surface area contributed by atoms with Crippen LogP contribution in [-0.4, -0.2) is 0 Å². The molecule has 1 unspecified atom stereocenters. The molecule has 2 rings (SSSR count). The molecule has 2 aromatic rings. The first-order valence-electron chi connectivity index (χ1n) is 4.66. The van der Waals surface area contributed by atoms with Crippen LogP contribution >= 0.6 is 22.9 Å². The third-order valence-electron chi connectivity index (χ3n) is 2.23. The Morgan fingerprint density at radius 2 is 1.93 bits per heavy atom. The number of benzene rings is 1. The number of halogens is 2. The molecule has 15 heavy (non-hydrogen) atoms. The molecule has 1 aromatic heterocycles. The minimum atomic E-state index is -0.208. The number of thiophene rings is 1. The van der Waals surface area contributed by atoms with Crippen LogP contribution in [0, 0.1) is 5.82 Å². The number of hydrogen-bond donors (Lipinski definition) is 0. The van der Waals surface area contributed by atoms with Crippen molar-refractivity contribution in [3.63, 3.8) is 0 Å². The first kappa shape index (κ1) is 10.7. The van der Waals surface area contributed by atoms with Crippen LogP contribution in [0.25, 0.3) is 0 Å². The highest BCUT2D eigenvalue weighted by molar-refractivity contribution is 7.08. The lowest BCUT2D eigenvalue weighted by molar-refractivity contribution is 0.627. The molecule has 0 aliphatic rings. The van der Waals surface area contributed by atoms with Gasteiger partial charge in [-0.2, -0.15) is 11.3 Å². The van der Waals surface area contributed by atoms with Crippen LogP contribution in [0.2, 0.25) is 0 Å². The Morgan fingerprint density at radius 1 is 1.20 bits per heavy atom. The van der Waals surface area contributed by atoms with E-state index in [9.17, 15) is 4.39 Å². The van der Waals surface area contributed by atoms with Crippen LogP contribution in [0.1, 0.15) is 16.5 Å². The number of rotatable bonds is 3. The SMILES string of the molecule is Fc1ccc(CC(Cl)c2ccsc2)cc1. The summed E-state index contributed by atoms with van der Waals surface area (Å²) in [5.74, 6) is -0.208. The molecule has 0 fully saturated rings. The Morgan fingerprint density at radius 3 is 2.53 bits per heavy atom. The maximum Gasteiger partial charge on any atom is 0.123 e. The van der Waals surface area contributed by atoms with Crippen LogP contribution in [0.4, 0.5) is 4.39 Å². The van der Waals surface area contributed by atoms with Gasteiger partial charge >= 0.3 is 0 Å². The second kappa shape index (κ2) is 4.77. The van der Waals surface area contributed by atoms with E-state index in [1.165, 1.54) is 12.1 Å². The minimum absolute atomic E-state index is 0.0262. The zero-order valence-corrected chi connectivity index (χ0v) is 9.56. The predicted molar refractivity (Wildman–Crippen MR) is 63.0 cm³/mol. The second-order valence-corrected chi connectivity index (χ2v) is 4.66. The number of hydrogen-bond acceptors (Lipinski definition) is 1. The van der Waals surface area contributed by atoms with Crippen molar-refractivity contribution < 1.29 is 4.39 Å². The summed E-state index contributed by atoms with van der Waals surface area (Å²) < 4.78 is 12.7. The lowest BCUT2D eigenvalue weighted by Crippen LogP contribution is -1.94. The maximum absolute atomic E-state index is 12.7. The fourth-order valence-corrected chi connectivity index (χ4v) is 2.50. The molecule has 0 aliphatic carbocycles. The van der Waals surface area contributed by atoms with Gasteiger partial charge in [-0.1, -0.05) is 12.1 Å². The highest BCUT2D eigenvalue weighted by atomic mass is 35.5. The Bertz CT molecular complexity index is 408. The lowest BCUT2D eigenvalue weighted by atomic mass is 10.1. The van der Waals surface area contributed by atoms with E-state index in [0.717, 1.165) is 17.5 Å². The molecule has 0 spiro atoms. The van der Waals surface area contributed by atoms with E-state index in [4.69, 9.17) is 11.6 Å². The van der Waals surface area contributed by atoms with E-state index < -0.39 is 0 Å². The first-order valence-corrected chi connectivity index (χ1v) is 6.04. The minimum Gasteiger partial charge on any atom is -0.207 e. The summed E-state index contributed by atoms with van der Waals surface area (Å²) in [5.41, 5.74) is 2.19. The van der Waals surface area contributed by atoms with Crippen molar-refractivity contribution in [3.05, 3.63) is 58.0 Å². The molecule has 3 heteroatoms. The van der Waals surface area contributed by atoms with Crippen LogP contribution in [0.5, 0.6) is 0 Å². The van der Waals surface area contributed by atoms with Gasteiger partial charge in [0.25, 0.3) is 0 Å². The molecule has 0 saturated heterocycles. The van der Waals surface area contributed by atoms with Gasteiger partial charge in [-0.15, -0.1) is 11.6 Å². The summed E-state index contributed by atoms with van der Waals surface area (Å²) in [5, 5.41) is 4.03. The van der Waals surface area contributed by atoms with E-state index >= 15 is 0 Å². The monoisotopic (exact) mass is 240 g/mol. The van der Waals surface area contributed by atoms with Crippen LogP contribution < -0.4 is 0 Å². The zero-order chi connectivity index (χ0) is 10.7. The van der Waals surface area contributed by atoms with Crippen molar-refractivity contribution in [1.29, 1.82) is 0 Å². The molecule has 0 bridgehead atoms. The van der Waals surface area contributed by atoms with Crippen molar-refractivity contribution in [2.75, 3.05) is 0 Å². The fraction of sp³-hybridized carbons (Fsp3) is 0.167. The van der Waals surface area contributed by atoms with E-state index in [1.807, 2.05) is 16.8 Å². The zero-order valence-electron chi connectivity index (χ0n) is 7.99. The molecule has 0 radical (unpaired) electrons. The predicted octanol–water partition coefficient (Wildman–Crippen LogP) is 4.41. The van der Waals surface area contributed by atoms with E-state index in [2.05, 4.69) is 0 Å². The normalized spacial score (nSPS) is 12.7. The molecular formula is C12H10ClFS. The van der Waals surface area contributed by atoms with Gasteiger partial charge in [0.1, 0.15) is 5.82 Å². The van der Waals surface area contributed by atoms with Crippen LogP contribution in [0.15, 0.2) is 41.1 Å². The van der Waals surface area contributed by atoms with Gasteiger partial charge in [0.05, 0.1) is 5.38 Å². The van der Waals surface area contributed by atoms with Crippen LogP contribution in [0.3, 0.4) is 0 Å². The molecule has 0 N–H and O–H groups in total. The standard InChI is InChI=1S/C12H10ClFS/c13-12(10-5-6-15-8-10)7-9-1-3-11(14)4-2-9/h1-6,8,12H,7H2. The second-order valence-electron chi connectivity index (χ2n) is 3.35. The summed E-state index contributed by atoms with van der Waals surface area (Å²) >= 11 is 7.87. The van der Waals surface area contributed by atoms with Crippen molar-refractivity contribution >= 4 is 22.9 Å². The van der Waals surface area contributed by atoms with Gasteiger partial charge in [0.15, 0.2) is 0 Å². The summed E-state index contributed by atoms with van der Waals surface area (Å²) in [6.07, 6.45) is 0.735. The molecule has 0 amide bonds. The average Bonchev–Trinajstić information content (AvgIpc) is 2.74. The summed E-state index contributed by atoms with van der Waals surface area (Å²) in [4.78, 5) is 0. The summed E-state index contributed by atoms with van der Waals surface area (Å²) in [7, 11) is 0. The highest BCUT2D eigenvalue weighted by Gasteiger charge is 2.08. The quantitative estimate of drug-likeness (QED) is 0.698. The van der Waals surface area contributed by atoms with E-state index in [0.29, 0.717) is 0 Å². The summed E-state index contributed by atoms with van der Waals surface area (Å²) in [6.45, 7) is 0. The van der Waals surface area contributed by atoms with Gasteiger partial charge in [-0.05, 0) is 46.5 Å². The topological polar surface area (TPSA) is 0 Å². The van der Waals surface area contributed by atoms with Crippen molar-refractivity contribution in [3.8, 4) is 0 Å². The third-order valence-corrected chi connectivity index (χ3v) is 3.34. The van der Waals surface area contributed by atoms with Gasteiger partial charge < -0.3 is 0 Å². The maximum atomic E-state index is 12.7. The largest absolute Gasteiger partial charge is 0.207 e. The lowest BCUT2D eigenvalue weighted by Gasteiger charge is -2.07. The molecule has 1 heterocycles. The van der Waals surface area contributed by atoms with Crippen molar-refractivity contribution in [2.24, 2.45) is 0 Å². The molecule has 78 valence electrons. The number of alkyl halides is 1. The molecule has 0 saturated carbocycles. The Balaban J connectivity index is 2.06. The molecule has 1 atom stereocenters. The first-order chi connectivity index (χ1) is 7.25. The molecular weight excluding hydrogens is 231 g/mol. The van der Waals surface area contributed by atoms with Crippen LogP contribution in [-0.2, 0) is 6.42 Å². The van der Waals surface area contributed by atoms with E-state index in [1.54, 1.807) is 23.5 Å². The average molecular weight is 241 g/mol.